The van der Waals surface area contributed by atoms with Gasteiger partial charge in [0, 0.05) is 5.33 Å². The SMILES string of the molecule is FC(F)(F)c1ccc(OCCCCCCCBr)cc1. The Morgan fingerprint density at radius 3 is 2.05 bits per heavy atom. The lowest BCUT2D eigenvalue weighted by Gasteiger charge is -2.09. The molecule has 0 unspecified atom stereocenters. The second-order valence-corrected chi connectivity index (χ2v) is 5.12. The molecule has 108 valence electrons. The molecule has 1 nitrogen and oxygen atoms in total. The molecular formula is C14H18BrF3O. The van der Waals surface area contributed by atoms with Crippen LogP contribution in [0.15, 0.2) is 24.3 Å². The highest BCUT2D eigenvalue weighted by Gasteiger charge is 2.29. The van der Waals surface area contributed by atoms with E-state index in [4.69, 9.17) is 4.74 Å². The largest absolute Gasteiger partial charge is 0.494 e. The first-order valence-electron chi connectivity index (χ1n) is 6.40. The fraction of sp³-hybridized carbons (Fsp3) is 0.571. The molecule has 0 amide bonds. The molecule has 1 aromatic rings. The van der Waals surface area contributed by atoms with Crippen LogP contribution in [0.25, 0.3) is 0 Å². The number of halogens is 4. The minimum atomic E-state index is -4.28. The number of benzene rings is 1. The summed E-state index contributed by atoms with van der Waals surface area (Å²) in [5.41, 5.74) is -0.644. The summed E-state index contributed by atoms with van der Waals surface area (Å²) >= 11 is 3.38. The van der Waals surface area contributed by atoms with Crippen molar-refractivity contribution in [1.29, 1.82) is 0 Å². The molecule has 0 N–H and O–H groups in total. The lowest BCUT2D eigenvalue weighted by Crippen LogP contribution is -2.04. The third-order valence-electron chi connectivity index (χ3n) is 2.73. The smallest absolute Gasteiger partial charge is 0.416 e. The first-order chi connectivity index (χ1) is 9.04. The predicted molar refractivity (Wildman–Crippen MR) is 73.8 cm³/mol. The van der Waals surface area contributed by atoms with Crippen LogP contribution in [0.4, 0.5) is 13.2 Å². The van der Waals surface area contributed by atoms with E-state index in [2.05, 4.69) is 15.9 Å². The summed E-state index contributed by atoms with van der Waals surface area (Å²) in [4.78, 5) is 0. The summed E-state index contributed by atoms with van der Waals surface area (Å²) in [5.74, 6) is 0.494. The summed E-state index contributed by atoms with van der Waals surface area (Å²) in [6, 6.07) is 4.83. The van der Waals surface area contributed by atoms with Gasteiger partial charge < -0.3 is 4.74 Å². The Labute approximate surface area is 120 Å². The van der Waals surface area contributed by atoms with Gasteiger partial charge in [0.1, 0.15) is 5.75 Å². The quantitative estimate of drug-likeness (QED) is 0.453. The fourth-order valence-electron chi connectivity index (χ4n) is 1.66. The zero-order valence-corrected chi connectivity index (χ0v) is 12.3. The van der Waals surface area contributed by atoms with Crippen LogP contribution < -0.4 is 4.74 Å². The van der Waals surface area contributed by atoms with E-state index >= 15 is 0 Å². The van der Waals surface area contributed by atoms with Gasteiger partial charge in [-0.1, -0.05) is 35.2 Å². The normalized spacial score (nSPS) is 11.6. The Kier molecular flexibility index (Phi) is 7.28. The topological polar surface area (TPSA) is 9.23 Å². The monoisotopic (exact) mass is 338 g/mol. The van der Waals surface area contributed by atoms with Crippen LogP contribution in [0.2, 0.25) is 0 Å². The average molecular weight is 339 g/mol. The molecule has 1 rings (SSSR count). The zero-order valence-electron chi connectivity index (χ0n) is 10.7. The molecule has 1 aromatic carbocycles. The highest BCUT2D eigenvalue weighted by Crippen LogP contribution is 2.30. The summed E-state index contributed by atoms with van der Waals surface area (Å²) < 4.78 is 42.4. The number of alkyl halides is 4. The van der Waals surface area contributed by atoms with Crippen LogP contribution in [0.5, 0.6) is 5.75 Å². The Balaban J connectivity index is 2.20. The second kappa shape index (κ2) is 8.46. The Morgan fingerprint density at radius 2 is 1.47 bits per heavy atom. The minimum Gasteiger partial charge on any atom is -0.494 e. The molecular weight excluding hydrogens is 321 g/mol. The van der Waals surface area contributed by atoms with Gasteiger partial charge in [0.2, 0.25) is 0 Å². The van der Waals surface area contributed by atoms with Gasteiger partial charge in [-0.3, -0.25) is 0 Å². The molecule has 0 heterocycles. The second-order valence-electron chi connectivity index (χ2n) is 4.33. The van der Waals surface area contributed by atoms with Gasteiger partial charge in [-0.15, -0.1) is 0 Å². The molecule has 0 aliphatic carbocycles. The molecule has 0 aliphatic rings. The molecule has 0 saturated heterocycles. The van der Waals surface area contributed by atoms with Crippen LogP contribution in [0.1, 0.15) is 37.7 Å². The molecule has 0 radical (unpaired) electrons. The Bertz CT molecular complexity index is 349. The molecule has 0 saturated carbocycles. The molecule has 5 heteroatoms. The van der Waals surface area contributed by atoms with E-state index in [0.717, 1.165) is 30.3 Å². The van der Waals surface area contributed by atoms with Crippen molar-refractivity contribution in [1.82, 2.24) is 0 Å². The molecule has 0 bridgehead atoms. The standard InChI is InChI=1S/C14H18BrF3O/c15-10-4-2-1-3-5-11-19-13-8-6-12(7-9-13)14(16,17)18/h6-9H,1-5,10-11H2. The van der Waals surface area contributed by atoms with Gasteiger partial charge in [0.05, 0.1) is 12.2 Å². The van der Waals surface area contributed by atoms with Gasteiger partial charge in [-0.25, -0.2) is 0 Å². The van der Waals surface area contributed by atoms with E-state index in [1.54, 1.807) is 0 Å². The van der Waals surface area contributed by atoms with Crippen molar-refractivity contribution in [3.05, 3.63) is 29.8 Å². The van der Waals surface area contributed by atoms with Crippen molar-refractivity contribution in [2.45, 2.75) is 38.3 Å². The third kappa shape index (κ3) is 6.85. The lowest BCUT2D eigenvalue weighted by atomic mass is 10.2. The zero-order chi connectivity index (χ0) is 14.1. The van der Waals surface area contributed by atoms with E-state index in [-0.39, 0.29) is 0 Å². The summed E-state index contributed by atoms with van der Waals surface area (Å²) in [7, 11) is 0. The Hall–Kier alpha value is -0.710. The van der Waals surface area contributed by atoms with Gasteiger partial charge >= 0.3 is 6.18 Å². The van der Waals surface area contributed by atoms with Crippen molar-refractivity contribution in [3.63, 3.8) is 0 Å². The summed E-state index contributed by atoms with van der Waals surface area (Å²) in [6.45, 7) is 0.555. The van der Waals surface area contributed by atoms with E-state index < -0.39 is 11.7 Å². The lowest BCUT2D eigenvalue weighted by molar-refractivity contribution is -0.137. The summed E-state index contributed by atoms with van der Waals surface area (Å²) in [6.07, 6.45) is 1.29. The maximum atomic E-state index is 12.3. The summed E-state index contributed by atoms with van der Waals surface area (Å²) in [5, 5.41) is 1.04. The number of hydrogen-bond donors (Lipinski definition) is 0. The molecule has 0 fully saturated rings. The Morgan fingerprint density at radius 1 is 0.895 bits per heavy atom. The first-order valence-corrected chi connectivity index (χ1v) is 7.52. The number of rotatable bonds is 8. The molecule has 0 aromatic heterocycles. The molecule has 0 spiro atoms. The van der Waals surface area contributed by atoms with E-state index in [1.807, 2.05) is 0 Å². The van der Waals surface area contributed by atoms with Crippen molar-refractivity contribution in [2.75, 3.05) is 11.9 Å². The molecule has 19 heavy (non-hydrogen) atoms. The number of hydrogen-bond acceptors (Lipinski definition) is 1. The van der Waals surface area contributed by atoms with E-state index in [1.165, 1.54) is 31.4 Å². The van der Waals surface area contributed by atoms with Crippen LogP contribution in [-0.2, 0) is 6.18 Å². The first kappa shape index (κ1) is 16.3. The van der Waals surface area contributed by atoms with Crippen molar-refractivity contribution >= 4 is 15.9 Å². The average Bonchev–Trinajstić information content (AvgIpc) is 2.37. The number of unbranched alkanes of at least 4 members (excludes halogenated alkanes) is 4. The fourth-order valence-corrected chi connectivity index (χ4v) is 2.05. The van der Waals surface area contributed by atoms with Crippen molar-refractivity contribution < 1.29 is 17.9 Å². The van der Waals surface area contributed by atoms with Gasteiger partial charge in [0.15, 0.2) is 0 Å². The minimum absolute atomic E-state index is 0.494. The van der Waals surface area contributed by atoms with Crippen LogP contribution >= 0.6 is 15.9 Å². The van der Waals surface area contributed by atoms with Gasteiger partial charge in [-0.2, -0.15) is 13.2 Å². The predicted octanol–water partition coefficient (Wildman–Crippen LogP) is 5.43. The number of ether oxygens (including phenoxy) is 1. The highest BCUT2D eigenvalue weighted by atomic mass is 79.9. The van der Waals surface area contributed by atoms with Crippen LogP contribution in [0, 0.1) is 0 Å². The van der Waals surface area contributed by atoms with Gasteiger partial charge in [0.25, 0.3) is 0 Å². The molecule has 0 aliphatic heterocycles. The van der Waals surface area contributed by atoms with Gasteiger partial charge in [-0.05, 0) is 37.1 Å². The van der Waals surface area contributed by atoms with Crippen molar-refractivity contribution in [3.8, 4) is 5.75 Å². The molecule has 0 atom stereocenters. The third-order valence-corrected chi connectivity index (χ3v) is 3.29. The van der Waals surface area contributed by atoms with E-state index in [0.29, 0.717) is 12.4 Å². The van der Waals surface area contributed by atoms with Crippen molar-refractivity contribution in [2.24, 2.45) is 0 Å². The highest BCUT2D eigenvalue weighted by molar-refractivity contribution is 9.09. The van der Waals surface area contributed by atoms with E-state index in [9.17, 15) is 13.2 Å². The van der Waals surface area contributed by atoms with Crippen LogP contribution in [-0.4, -0.2) is 11.9 Å². The maximum Gasteiger partial charge on any atom is 0.416 e. The maximum absolute atomic E-state index is 12.3. The van der Waals surface area contributed by atoms with Crippen LogP contribution in [0.3, 0.4) is 0 Å².